The summed E-state index contributed by atoms with van der Waals surface area (Å²) in [6.07, 6.45) is 2.02. The molecule has 184 valence electrons. The fourth-order valence-corrected chi connectivity index (χ4v) is 8.87. The van der Waals surface area contributed by atoms with E-state index < -0.39 is 70.0 Å². The molecule has 2 N–H and O–H groups in total. The van der Waals surface area contributed by atoms with Gasteiger partial charge in [-0.25, -0.2) is 8.78 Å². The molecule has 5 rings (SSSR count). The molecule has 0 aromatic heterocycles. The first kappa shape index (κ1) is 23.6. The highest BCUT2D eigenvalue weighted by atomic mass is 19.1. The van der Waals surface area contributed by atoms with Crippen molar-refractivity contribution in [3.05, 3.63) is 23.8 Å². The Morgan fingerprint density at radius 1 is 1.18 bits per heavy atom. The molecule has 1 saturated heterocycles. The molecule has 0 aromatic carbocycles. The SMILES string of the molecule is CC1C=C[C@@]2(C)C(=C1)[C@@H](F)C[C@@]1(C)[C@@H]3C[C@H]4OC(C)(C)O[C@@]4(C(=O)CO)[C@@]3(C)C[C@H](O)[C@]21F. The number of Topliss-reactive ketones (excluding diaryl/α,β-unsaturated/α-hetero) is 1. The summed E-state index contributed by atoms with van der Waals surface area (Å²) in [5.74, 6) is -2.11. The summed E-state index contributed by atoms with van der Waals surface area (Å²) >= 11 is 0. The second kappa shape index (κ2) is 6.54. The molecule has 4 fully saturated rings. The van der Waals surface area contributed by atoms with Gasteiger partial charge < -0.3 is 19.7 Å². The molecule has 5 aliphatic rings. The minimum atomic E-state index is -2.15. The molecule has 0 radical (unpaired) electrons. The number of aliphatic hydroxyl groups excluding tert-OH is 2. The molecule has 33 heavy (non-hydrogen) atoms. The van der Waals surface area contributed by atoms with Gasteiger partial charge in [-0.3, -0.25) is 4.79 Å². The second-order valence-electron chi connectivity index (χ2n) is 12.2. The van der Waals surface area contributed by atoms with Crippen LogP contribution >= 0.6 is 0 Å². The molecule has 5 nitrogen and oxygen atoms in total. The molecule has 3 saturated carbocycles. The summed E-state index contributed by atoms with van der Waals surface area (Å²) in [5.41, 5.74) is -6.92. The van der Waals surface area contributed by atoms with Crippen molar-refractivity contribution in [1.82, 2.24) is 0 Å². The van der Waals surface area contributed by atoms with E-state index in [1.165, 1.54) is 0 Å². The normalized spacial score (nSPS) is 56.4. The molecule has 10 atom stereocenters. The molecule has 0 aromatic rings. The number of carbonyl (C=O) groups is 1. The summed E-state index contributed by atoms with van der Waals surface area (Å²) in [7, 11) is 0. The molecule has 1 heterocycles. The van der Waals surface area contributed by atoms with Crippen LogP contribution in [0.15, 0.2) is 23.8 Å². The lowest BCUT2D eigenvalue weighted by atomic mass is 9.38. The van der Waals surface area contributed by atoms with Gasteiger partial charge >= 0.3 is 0 Å². The number of fused-ring (bicyclic) bond motifs is 7. The van der Waals surface area contributed by atoms with E-state index in [1.54, 1.807) is 39.8 Å². The number of rotatable bonds is 2. The monoisotopic (exact) mass is 466 g/mol. The van der Waals surface area contributed by atoms with Gasteiger partial charge in [-0.2, -0.15) is 0 Å². The summed E-state index contributed by atoms with van der Waals surface area (Å²) < 4.78 is 45.9. The number of carbonyl (C=O) groups excluding carboxylic acids is 1. The van der Waals surface area contributed by atoms with Crippen LogP contribution in [0, 0.1) is 28.1 Å². The van der Waals surface area contributed by atoms with Gasteiger partial charge in [0, 0.05) is 16.2 Å². The third-order valence-corrected chi connectivity index (χ3v) is 10.1. The Hall–Kier alpha value is -1.15. The van der Waals surface area contributed by atoms with Crippen LogP contribution in [0.4, 0.5) is 8.78 Å². The van der Waals surface area contributed by atoms with Crippen molar-refractivity contribution in [1.29, 1.82) is 0 Å². The molecular weight excluding hydrogens is 430 g/mol. The first-order valence-electron chi connectivity index (χ1n) is 12.1. The minimum absolute atomic E-state index is 0.00871. The van der Waals surface area contributed by atoms with Gasteiger partial charge in [0.05, 0.1) is 12.2 Å². The number of allylic oxidation sites excluding steroid dienone is 4. The summed E-state index contributed by atoms with van der Waals surface area (Å²) in [4.78, 5) is 13.3. The topological polar surface area (TPSA) is 76.0 Å². The van der Waals surface area contributed by atoms with Crippen LogP contribution in [0.5, 0.6) is 0 Å². The second-order valence-corrected chi connectivity index (χ2v) is 12.2. The zero-order valence-electron chi connectivity index (χ0n) is 20.3. The van der Waals surface area contributed by atoms with Gasteiger partial charge in [-0.05, 0) is 57.4 Å². The van der Waals surface area contributed by atoms with E-state index in [-0.39, 0.29) is 18.8 Å². The molecule has 7 heteroatoms. The number of ketones is 1. The quantitative estimate of drug-likeness (QED) is 0.605. The highest BCUT2D eigenvalue weighted by Crippen LogP contribution is 2.76. The van der Waals surface area contributed by atoms with Crippen LogP contribution in [-0.4, -0.2) is 58.0 Å². The van der Waals surface area contributed by atoms with Crippen molar-refractivity contribution >= 4 is 5.78 Å². The molecule has 4 aliphatic carbocycles. The first-order chi connectivity index (χ1) is 15.1. The van der Waals surface area contributed by atoms with E-state index in [0.717, 1.165) is 0 Å². The zero-order valence-corrected chi connectivity index (χ0v) is 20.3. The Labute approximate surface area is 194 Å². The van der Waals surface area contributed by atoms with E-state index in [4.69, 9.17) is 9.47 Å². The van der Waals surface area contributed by atoms with Crippen molar-refractivity contribution in [2.45, 2.75) is 96.2 Å². The number of hydrogen-bond acceptors (Lipinski definition) is 5. The van der Waals surface area contributed by atoms with Crippen LogP contribution in [-0.2, 0) is 14.3 Å². The predicted octanol–water partition coefficient (Wildman–Crippen LogP) is 3.82. The van der Waals surface area contributed by atoms with Gasteiger partial charge in [0.2, 0.25) is 0 Å². The van der Waals surface area contributed by atoms with Crippen molar-refractivity contribution in [2.75, 3.05) is 6.61 Å². The van der Waals surface area contributed by atoms with Crippen molar-refractivity contribution < 1.29 is 33.3 Å². The average molecular weight is 467 g/mol. The maximum atomic E-state index is 17.6. The van der Waals surface area contributed by atoms with E-state index >= 15 is 8.78 Å². The maximum absolute atomic E-state index is 17.6. The highest BCUT2D eigenvalue weighted by molar-refractivity contribution is 5.91. The molecule has 1 aliphatic heterocycles. The number of alkyl halides is 2. The molecule has 1 unspecified atom stereocenters. The smallest absolute Gasteiger partial charge is 0.193 e. The summed E-state index contributed by atoms with van der Waals surface area (Å²) in [5, 5.41) is 21.5. The Morgan fingerprint density at radius 3 is 2.48 bits per heavy atom. The highest BCUT2D eigenvalue weighted by Gasteiger charge is 2.83. The van der Waals surface area contributed by atoms with E-state index in [9.17, 15) is 15.0 Å². The zero-order chi connectivity index (χ0) is 24.4. The van der Waals surface area contributed by atoms with E-state index in [1.807, 2.05) is 19.9 Å². The Balaban J connectivity index is 1.70. The average Bonchev–Trinajstić information content (AvgIpc) is 3.13. The number of aliphatic hydroxyl groups is 2. The van der Waals surface area contributed by atoms with Crippen LogP contribution in [0.2, 0.25) is 0 Å². The van der Waals surface area contributed by atoms with Crippen LogP contribution in [0.1, 0.15) is 60.8 Å². The van der Waals surface area contributed by atoms with E-state index in [0.29, 0.717) is 12.0 Å². The van der Waals surface area contributed by atoms with Gasteiger partial charge in [-0.15, -0.1) is 0 Å². The standard InChI is InChI=1S/C26H36F2O5/c1-14-7-8-22(4)15(9-14)16(27)11-24(6)17-10-20-25(19(31)13-29,33-21(2,3)32-20)23(17,5)12-18(30)26(22,24)28/h7-9,14,16-18,20,29-30H,10-13H2,1-6H3/t14?,16-,17+,18-,20+,22-,23-,24-,25+,26-/m0/s1. The molecular formula is C26H36F2O5. The Bertz CT molecular complexity index is 962. The fraction of sp³-hybridized carbons (Fsp3) is 0.808. The van der Waals surface area contributed by atoms with Crippen LogP contribution in [0.25, 0.3) is 0 Å². The van der Waals surface area contributed by atoms with Crippen molar-refractivity contribution in [3.63, 3.8) is 0 Å². The molecule has 0 bridgehead atoms. The number of ether oxygens (including phenoxy) is 2. The number of hydrogen-bond donors (Lipinski definition) is 2. The van der Waals surface area contributed by atoms with Gasteiger partial charge in [0.25, 0.3) is 0 Å². The number of halogens is 2. The lowest BCUT2D eigenvalue weighted by Crippen LogP contribution is -2.75. The third-order valence-electron chi connectivity index (χ3n) is 10.1. The van der Waals surface area contributed by atoms with Crippen molar-refractivity contribution in [3.8, 4) is 0 Å². The summed E-state index contributed by atoms with van der Waals surface area (Å²) in [6.45, 7) is 9.84. The van der Waals surface area contributed by atoms with Crippen LogP contribution in [0.3, 0.4) is 0 Å². The Morgan fingerprint density at radius 2 is 1.85 bits per heavy atom. The molecule has 0 spiro atoms. The first-order valence-corrected chi connectivity index (χ1v) is 12.1. The van der Waals surface area contributed by atoms with Crippen molar-refractivity contribution in [2.24, 2.45) is 28.1 Å². The van der Waals surface area contributed by atoms with Gasteiger partial charge in [0.1, 0.15) is 12.8 Å². The maximum Gasteiger partial charge on any atom is 0.193 e. The van der Waals surface area contributed by atoms with Gasteiger partial charge in [0.15, 0.2) is 22.8 Å². The third kappa shape index (κ3) is 2.43. The lowest BCUT2D eigenvalue weighted by molar-refractivity contribution is -0.277. The lowest BCUT2D eigenvalue weighted by Gasteiger charge is -2.68. The Kier molecular flexibility index (Phi) is 4.67. The van der Waals surface area contributed by atoms with E-state index in [2.05, 4.69) is 0 Å². The van der Waals surface area contributed by atoms with Crippen LogP contribution < -0.4 is 0 Å². The minimum Gasteiger partial charge on any atom is -0.390 e. The summed E-state index contributed by atoms with van der Waals surface area (Å²) in [6, 6.07) is 0. The fourth-order valence-electron chi connectivity index (χ4n) is 8.87. The van der Waals surface area contributed by atoms with Gasteiger partial charge in [-0.1, -0.05) is 39.0 Å². The predicted molar refractivity (Wildman–Crippen MR) is 118 cm³/mol. The molecule has 0 amide bonds. The largest absolute Gasteiger partial charge is 0.390 e.